The number of pyridine rings is 1. The number of para-hydroxylation sites is 1. The molecule has 0 bridgehead atoms. The number of hydrogen-bond acceptors (Lipinski definition) is 6. The summed E-state index contributed by atoms with van der Waals surface area (Å²) in [7, 11) is 0. The van der Waals surface area contributed by atoms with E-state index < -0.39 is 0 Å². The van der Waals surface area contributed by atoms with Crippen LogP contribution in [0, 0.1) is 0 Å². The number of hydrogen-bond donors (Lipinski definition) is 1. The standard InChI is InChI=1S/C14H14N4O2/c15-7-8-19-9-13-17-14(18-20-13)12-6-5-10-3-1-2-4-11(10)16-12/h1-6H,7-9,15H2. The van der Waals surface area contributed by atoms with Gasteiger partial charge in [0.1, 0.15) is 12.3 Å². The van der Waals surface area contributed by atoms with Crippen molar-refractivity contribution in [3.63, 3.8) is 0 Å². The van der Waals surface area contributed by atoms with Crippen LogP contribution in [0.2, 0.25) is 0 Å². The molecule has 2 heterocycles. The molecule has 0 saturated carbocycles. The molecule has 20 heavy (non-hydrogen) atoms. The molecule has 2 N–H and O–H groups in total. The Morgan fingerprint density at radius 3 is 2.90 bits per heavy atom. The highest BCUT2D eigenvalue weighted by atomic mass is 16.5. The lowest BCUT2D eigenvalue weighted by molar-refractivity contribution is 0.104. The number of nitrogens with two attached hydrogens (primary N) is 1. The van der Waals surface area contributed by atoms with Gasteiger partial charge < -0.3 is 15.0 Å². The minimum absolute atomic E-state index is 0.262. The second kappa shape index (κ2) is 5.77. The van der Waals surface area contributed by atoms with Crippen molar-refractivity contribution in [2.45, 2.75) is 6.61 Å². The van der Waals surface area contributed by atoms with Crippen LogP contribution in [-0.2, 0) is 11.3 Å². The van der Waals surface area contributed by atoms with Crippen molar-refractivity contribution in [2.24, 2.45) is 5.73 Å². The molecule has 6 nitrogen and oxygen atoms in total. The van der Waals surface area contributed by atoms with E-state index in [2.05, 4.69) is 15.1 Å². The lowest BCUT2D eigenvalue weighted by Gasteiger charge is -1.98. The van der Waals surface area contributed by atoms with E-state index in [1.807, 2.05) is 36.4 Å². The van der Waals surface area contributed by atoms with Gasteiger partial charge in [-0.15, -0.1) is 0 Å². The second-order valence-electron chi connectivity index (χ2n) is 4.24. The van der Waals surface area contributed by atoms with E-state index in [1.54, 1.807) is 0 Å². The molecule has 6 heteroatoms. The van der Waals surface area contributed by atoms with Crippen molar-refractivity contribution in [1.29, 1.82) is 0 Å². The van der Waals surface area contributed by atoms with Gasteiger partial charge in [0, 0.05) is 11.9 Å². The van der Waals surface area contributed by atoms with Crippen molar-refractivity contribution in [3.8, 4) is 11.5 Å². The van der Waals surface area contributed by atoms with E-state index in [0.717, 1.165) is 10.9 Å². The molecule has 0 fully saturated rings. The maximum absolute atomic E-state index is 5.34. The lowest BCUT2D eigenvalue weighted by atomic mass is 10.2. The maximum atomic E-state index is 5.34. The zero-order chi connectivity index (χ0) is 13.8. The van der Waals surface area contributed by atoms with Crippen LogP contribution in [-0.4, -0.2) is 28.3 Å². The fourth-order valence-corrected chi connectivity index (χ4v) is 1.85. The lowest BCUT2D eigenvalue weighted by Crippen LogP contribution is -2.08. The van der Waals surface area contributed by atoms with Gasteiger partial charge in [0.05, 0.1) is 12.1 Å². The molecule has 0 saturated heterocycles. The first-order valence-electron chi connectivity index (χ1n) is 6.33. The first kappa shape index (κ1) is 12.7. The summed E-state index contributed by atoms with van der Waals surface area (Å²) in [5.41, 5.74) is 6.92. The van der Waals surface area contributed by atoms with Crippen molar-refractivity contribution in [3.05, 3.63) is 42.3 Å². The summed E-state index contributed by atoms with van der Waals surface area (Å²) >= 11 is 0. The van der Waals surface area contributed by atoms with Gasteiger partial charge in [0.25, 0.3) is 5.89 Å². The number of fused-ring (bicyclic) bond motifs is 1. The molecular weight excluding hydrogens is 256 g/mol. The molecule has 0 aliphatic rings. The molecule has 0 unspecified atom stereocenters. The van der Waals surface area contributed by atoms with E-state index in [9.17, 15) is 0 Å². The molecule has 102 valence electrons. The van der Waals surface area contributed by atoms with Crippen molar-refractivity contribution >= 4 is 10.9 Å². The van der Waals surface area contributed by atoms with Crippen molar-refractivity contribution in [1.82, 2.24) is 15.1 Å². The Bertz CT molecular complexity index is 711. The number of rotatable bonds is 5. The monoisotopic (exact) mass is 270 g/mol. The summed E-state index contributed by atoms with van der Waals surface area (Å²) < 4.78 is 10.4. The third kappa shape index (κ3) is 2.66. The predicted molar refractivity (Wildman–Crippen MR) is 73.7 cm³/mol. The van der Waals surface area contributed by atoms with Crippen molar-refractivity contribution in [2.75, 3.05) is 13.2 Å². The van der Waals surface area contributed by atoms with E-state index in [-0.39, 0.29) is 6.61 Å². The first-order chi connectivity index (χ1) is 9.86. The molecule has 1 aromatic carbocycles. The highest BCUT2D eigenvalue weighted by Crippen LogP contribution is 2.18. The zero-order valence-corrected chi connectivity index (χ0v) is 10.8. The maximum Gasteiger partial charge on any atom is 0.253 e. The fourth-order valence-electron chi connectivity index (χ4n) is 1.85. The Kier molecular flexibility index (Phi) is 3.67. The average molecular weight is 270 g/mol. The van der Waals surface area contributed by atoms with E-state index in [1.165, 1.54) is 0 Å². The van der Waals surface area contributed by atoms with Crippen LogP contribution >= 0.6 is 0 Å². The third-order valence-corrected chi connectivity index (χ3v) is 2.78. The van der Waals surface area contributed by atoms with E-state index >= 15 is 0 Å². The third-order valence-electron chi connectivity index (χ3n) is 2.78. The predicted octanol–water partition coefficient (Wildman–Crippen LogP) is 1.76. The number of aromatic nitrogens is 3. The van der Waals surface area contributed by atoms with Crippen LogP contribution in [0.15, 0.2) is 40.9 Å². The van der Waals surface area contributed by atoms with Gasteiger partial charge in [-0.25, -0.2) is 4.98 Å². The topological polar surface area (TPSA) is 87.1 Å². The summed E-state index contributed by atoms with van der Waals surface area (Å²) in [6.45, 7) is 1.19. The van der Waals surface area contributed by atoms with Gasteiger partial charge in [-0.2, -0.15) is 4.98 Å². The van der Waals surface area contributed by atoms with Gasteiger partial charge in [-0.3, -0.25) is 0 Å². The smallest absolute Gasteiger partial charge is 0.253 e. The van der Waals surface area contributed by atoms with Crippen LogP contribution in [0.4, 0.5) is 0 Å². The first-order valence-corrected chi connectivity index (χ1v) is 6.33. The second-order valence-corrected chi connectivity index (χ2v) is 4.24. The Morgan fingerprint density at radius 2 is 2.00 bits per heavy atom. The van der Waals surface area contributed by atoms with E-state index in [4.69, 9.17) is 15.0 Å². The van der Waals surface area contributed by atoms with Gasteiger partial charge >= 0.3 is 0 Å². The highest BCUT2D eigenvalue weighted by Gasteiger charge is 2.10. The van der Waals surface area contributed by atoms with Crippen LogP contribution in [0.25, 0.3) is 22.4 Å². The number of ether oxygens (including phenoxy) is 1. The molecule has 0 radical (unpaired) electrons. The van der Waals surface area contributed by atoms with Gasteiger partial charge in [0.2, 0.25) is 5.82 Å². The summed E-state index contributed by atoms with van der Waals surface area (Å²) in [6, 6.07) is 11.7. The Morgan fingerprint density at radius 1 is 1.10 bits per heavy atom. The molecule has 0 aliphatic carbocycles. The largest absolute Gasteiger partial charge is 0.370 e. The molecule has 3 aromatic rings. The minimum Gasteiger partial charge on any atom is -0.370 e. The van der Waals surface area contributed by atoms with Crippen LogP contribution in [0.3, 0.4) is 0 Å². The average Bonchev–Trinajstić information content (AvgIpc) is 2.96. The summed E-state index contributed by atoms with van der Waals surface area (Å²) in [6.07, 6.45) is 0. The van der Waals surface area contributed by atoms with E-state index in [0.29, 0.717) is 30.6 Å². The van der Waals surface area contributed by atoms with Gasteiger partial charge in [-0.1, -0.05) is 29.4 Å². The highest BCUT2D eigenvalue weighted by molar-refractivity contribution is 5.80. The SMILES string of the molecule is NCCOCc1nc(-c2ccc3ccccc3n2)no1. The Labute approximate surface area is 115 Å². The molecule has 3 rings (SSSR count). The Hall–Kier alpha value is -2.31. The molecule has 0 spiro atoms. The Balaban J connectivity index is 1.83. The zero-order valence-electron chi connectivity index (χ0n) is 10.8. The summed E-state index contributed by atoms with van der Waals surface area (Å²) in [5, 5.41) is 4.99. The fraction of sp³-hybridized carbons (Fsp3) is 0.214. The van der Waals surface area contributed by atoms with Gasteiger partial charge in [-0.05, 0) is 12.1 Å². The molecule has 2 aromatic heterocycles. The minimum atomic E-state index is 0.262. The molecular formula is C14H14N4O2. The normalized spacial score (nSPS) is 11.1. The van der Waals surface area contributed by atoms with Crippen molar-refractivity contribution < 1.29 is 9.26 Å². The molecule has 0 amide bonds. The van der Waals surface area contributed by atoms with Gasteiger partial charge in [0.15, 0.2) is 0 Å². The quantitative estimate of drug-likeness (QED) is 0.711. The van der Waals surface area contributed by atoms with Crippen LogP contribution in [0.1, 0.15) is 5.89 Å². The summed E-state index contributed by atoms with van der Waals surface area (Å²) in [4.78, 5) is 8.76. The molecule has 0 aliphatic heterocycles. The summed E-state index contributed by atoms with van der Waals surface area (Å²) in [5.74, 6) is 0.880. The number of nitrogens with zero attached hydrogens (tertiary/aromatic N) is 3. The van der Waals surface area contributed by atoms with Crippen LogP contribution < -0.4 is 5.73 Å². The van der Waals surface area contributed by atoms with Crippen LogP contribution in [0.5, 0.6) is 0 Å². The number of benzene rings is 1. The molecule has 0 atom stereocenters.